The lowest BCUT2D eigenvalue weighted by Crippen LogP contribution is -2.50. The molecule has 0 unspecified atom stereocenters. The van der Waals surface area contributed by atoms with Gasteiger partial charge in [-0.1, -0.05) is 6.42 Å². The molecule has 8 heteroatoms. The van der Waals surface area contributed by atoms with Crippen LogP contribution >= 0.6 is 0 Å². The van der Waals surface area contributed by atoms with Crippen LogP contribution in [0.4, 0.5) is 5.69 Å². The first-order chi connectivity index (χ1) is 10.3. The van der Waals surface area contributed by atoms with Gasteiger partial charge in [0.15, 0.2) is 0 Å². The molecule has 7 nitrogen and oxygen atoms in total. The molecule has 1 aliphatic rings. The summed E-state index contributed by atoms with van der Waals surface area (Å²) in [5, 5.41) is 2.57. The van der Waals surface area contributed by atoms with Crippen molar-refractivity contribution in [2.24, 2.45) is 5.73 Å². The van der Waals surface area contributed by atoms with E-state index in [-0.39, 0.29) is 17.3 Å². The van der Waals surface area contributed by atoms with E-state index < -0.39 is 22.0 Å². The number of anilines is 1. The average molecular weight is 325 g/mol. The van der Waals surface area contributed by atoms with E-state index in [0.29, 0.717) is 18.5 Å². The molecule has 1 aromatic carbocycles. The molecule has 1 heterocycles. The van der Waals surface area contributed by atoms with Crippen LogP contribution in [0.15, 0.2) is 29.2 Å². The van der Waals surface area contributed by atoms with E-state index in [4.69, 9.17) is 5.73 Å². The van der Waals surface area contributed by atoms with Crippen molar-refractivity contribution in [3.63, 3.8) is 0 Å². The second-order valence-electron chi connectivity index (χ2n) is 5.24. The van der Waals surface area contributed by atoms with E-state index in [2.05, 4.69) is 5.32 Å². The Morgan fingerprint density at radius 1 is 1.23 bits per heavy atom. The van der Waals surface area contributed by atoms with Gasteiger partial charge in [0.1, 0.15) is 6.04 Å². The molecule has 2 amide bonds. The number of piperidine rings is 1. The van der Waals surface area contributed by atoms with Crippen LogP contribution in [0.2, 0.25) is 0 Å². The fourth-order valence-corrected chi connectivity index (χ4v) is 4.19. The maximum absolute atomic E-state index is 12.7. The maximum Gasteiger partial charge on any atom is 0.243 e. The molecule has 1 fully saturated rings. The Bertz CT molecular complexity index is 670. The van der Waals surface area contributed by atoms with Crippen molar-refractivity contribution in [2.75, 3.05) is 11.9 Å². The lowest BCUT2D eigenvalue weighted by Gasteiger charge is -2.32. The number of nitrogens with zero attached hydrogens (tertiary/aromatic N) is 1. The largest absolute Gasteiger partial charge is 0.368 e. The van der Waals surface area contributed by atoms with Crippen LogP contribution in [0.5, 0.6) is 0 Å². The zero-order chi connectivity index (χ0) is 16.3. The molecule has 3 N–H and O–H groups in total. The molecular weight excluding hydrogens is 306 g/mol. The molecule has 0 saturated carbocycles. The molecule has 1 aliphatic heterocycles. The Labute approximate surface area is 129 Å². The van der Waals surface area contributed by atoms with Gasteiger partial charge < -0.3 is 11.1 Å². The minimum Gasteiger partial charge on any atom is -0.368 e. The number of nitrogens with two attached hydrogens (primary N) is 1. The predicted octanol–water partition coefficient (Wildman–Crippen LogP) is 0.674. The van der Waals surface area contributed by atoms with E-state index in [1.54, 1.807) is 0 Å². The van der Waals surface area contributed by atoms with Crippen molar-refractivity contribution >= 4 is 27.5 Å². The average Bonchev–Trinajstić information content (AvgIpc) is 2.47. The minimum absolute atomic E-state index is 0.0785. The number of rotatable bonds is 4. The third-order valence-corrected chi connectivity index (χ3v) is 5.49. The molecule has 120 valence electrons. The van der Waals surface area contributed by atoms with Crippen LogP contribution in [-0.2, 0) is 19.6 Å². The molecule has 0 bridgehead atoms. The van der Waals surface area contributed by atoms with Gasteiger partial charge in [-0.15, -0.1) is 0 Å². The summed E-state index contributed by atoms with van der Waals surface area (Å²) in [6, 6.07) is 5.05. The van der Waals surface area contributed by atoms with Crippen molar-refractivity contribution in [3.05, 3.63) is 24.3 Å². The van der Waals surface area contributed by atoms with E-state index in [1.807, 2.05) is 0 Å². The summed E-state index contributed by atoms with van der Waals surface area (Å²) < 4.78 is 26.5. The Morgan fingerprint density at radius 3 is 2.41 bits per heavy atom. The quantitative estimate of drug-likeness (QED) is 0.848. The van der Waals surface area contributed by atoms with Crippen molar-refractivity contribution in [1.29, 1.82) is 0 Å². The summed E-state index contributed by atoms with van der Waals surface area (Å²) in [6.45, 7) is 1.65. The first-order valence-electron chi connectivity index (χ1n) is 7.01. The Morgan fingerprint density at radius 2 is 1.86 bits per heavy atom. The molecule has 1 aromatic rings. The van der Waals surface area contributed by atoms with Crippen LogP contribution in [0, 0.1) is 0 Å². The number of hydrogen-bond donors (Lipinski definition) is 2. The monoisotopic (exact) mass is 325 g/mol. The van der Waals surface area contributed by atoms with E-state index >= 15 is 0 Å². The fourth-order valence-electron chi connectivity index (χ4n) is 2.53. The lowest BCUT2D eigenvalue weighted by atomic mass is 10.0. The van der Waals surface area contributed by atoms with Gasteiger partial charge in [0.25, 0.3) is 0 Å². The summed E-state index contributed by atoms with van der Waals surface area (Å²) in [4.78, 5) is 22.5. The number of primary amides is 1. The van der Waals surface area contributed by atoms with E-state index in [1.165, 1.54) is 35.5 Å². The standard InChI is InChI=1S/C14H19N3O4S/c1-10(18)16-11-5-7-12(8-6-11)22(20,21)17-9-3-2-4-13(17)14(15)19/h5-8,13H,2-4,9H2,1H3,(H2,15,19)(H,16,18)/t13-/m0/s1. The Balaban J connectivity index is 2.28. The van der Waals surface area contributed by atoms with Gasteiger partial charge in [0, 0.05) is 19.2 Å². The van der Waals surface area contributed by atoms with Gasteiger partial charge in [0.05, 0.1) is 4.90 Å². The van der Waals surface area contributed by atoms with Crippen molar-refractivity contribution in [3.8, 4) is 0 Å². The van der Waals surface area contributed by atoms with E-state index in [9.17, 15) is 18.0 Å². The van der Waals surface area contributed by atoms with Crippen LogP contribution < -0.4 is 11.1 Å². The Kier molecular flexibility index (Phi) is 4.82. The molecule has 1 saturated heterocycles. The first kappa shape index (κ1) is 16.4. The second kappa shape index (κ2) is 6.45. The SMILES string of the molecule is CC(=O)Nc1ccc(S(=O)(=O)N2CCCC[C@H]2C(N)=O)cc1. The number of amides is 2. The van der Waals surface area contributed by atoms with E-state index in [0.717, 1.165) is 6.42 Å². The third-order valence-electron chi connectivity index (χ3n) is 3.56. The number of carbonyl (C=O) groups excluding carboxylic acids is 2. The molecule has 2 rings (SSSR count). The summed E-state index contributed by atoms with van der Waals surface area (Å²) in [5.41, 5.74) is 5.83. The highest BCUT2D eigenvalue weighted by atomic mass is 32.2. The molecule has 0 aliphatic carbocycles. The molecular formula is C14H19N3O4S. The molecule has 0 aromatic heterocycles. The maximum atomic E-state index is 12.7. The van der Waals surface area contributed by atoms with Crippen LogP contribution in [0.1, 0.15) is 26.2 Å². The van der Waals surface area contributed by atoms with Crippen LogP contribution in [0.3, 0.4) is 0 Å². The number of carbonyl (C=O) groups is 2. The lowest BCUT2D eigenvalue weighted by molar-refractivity contribution is -0.122. The first-order valence-corrected chi connectivity index (χ1v) is 8.45. The zero-order valence-corrected chi connectivity index (χ0v) is 13.1. The predicted molar refractivity (Wildman–Crippen MR) is 81.5 cm³/mol. The molecule has 22 heavy (non-hydrogen) atoms. The summed E-state index contributed by atoms with van der Waals surface area (Å²) in [7, 11) is -3.78. The van der Waals surface area contributed by atoms with Gasteiger partial charge in [-0.05, 0) is 37.1 Å². The summed E-state index contributed by atoms with van der Waals surface area (Å²) >= 11 is 0. The van der Waals surface area contributed by atoms with Gasteiger partial charge in [0.2, 0.25) is 21.8 Å². The van der Waals surface area contributed by atoms with Gasteiger partial charge in [-0.3, -0.25) is 9.59 Å². The molecule has 0 radical (unpaired) electrons. The molecule has 1 atom stereocenters. The van der Waals surface area contributed by atoms with Crippen molar-refractivity contribution < 1.29 is 18.0 Å². The van der Waals surface area contributed by atoms with Crippen LogP contribution in [-0.4, -0.2) is 37.1 Å². The van der Waals surface area contributed by atoms with Crippen LogP contribution in [0.25, 0.3) is 0 Å². The molecule has 0 spiro atoms. The smallest absolute Gasteiger partial charge is 0.243 e. The normalized spacial score (nSPS) is 19.6. The number of hydrogen-bond acceptors (Lipinski definition) is 4. The minimum atomic E-state index is -3.78. The third kappa shape index (κ3) is 3.45. The summed E-state index contributed by atoms with van der Waals surface area (Å²) in [5.74, 6) is -0.862. The Hall–Kier alpha value is -1.93. The highest BCUT2D eigenvalue weighted by molar-refractivity contribution is 7.89. The number of sulfonamides is 1. The van der Waals surface area contributed by atoms with Crippen molar-refractivity contribution in [1.82, 2.24) is 4.31 Å². The highest BCUT2D eigenvalue weighted by Gasteiger charge is 2.36. The second-order valence-corrected chi connectivity index (χ2v) is 7.13. The highest BCUT2D eigenvalue weighted by Crippen LogP contribution is 2.26. The van der Waals surface area contributed by atoms with Gasteiger partial charge in [-0.2, -0.15) is 4.31 Å². The van der Waals surface area contributed by atoms with Crippen molar-refractivity contribution in [2.45, 2.75) is 37.1 Å². The topological polar surface area (TPSA) is 110 Å². The zero-order valence-electron chi connectivity index (χ0n) is 12.3. The van der Waals surface area contributed by atoms with Gasteiger partial charge >= 0.3 is 0 Å². The number of benzene rings is 1. The fraction of sp³-hybridized carbons (Fsp3) is 0.429. The number of nitrogens with one attached hydrogen (secondary N) is 1. The summed E-state index contributed by atoms with van der Waals surface area (Å²) in [6.07, 6.45) is 1.92. The van der Waals surface area contributed by atoms with Gasteiger partial charge in [-0.25, -0.2) is 8.42 Å².